The third-order valence-corrected chi connectivity index (χ3v) is 12.2. The lowest BCUT2D eigenvalue weighted by Gasteiger charge is -2.13. The van der Waals surface area contributed by atoms with E-state index in [-0.39, 0.29) is 0 Å². The monoisotopic (exact) mass is 608 g/mol. The summed E-state index contributed by atoms with van der Waals surface area (Å²) in [6.07, 6.45) is 0. The number of para-hydroxylation sites is 2. The summed E-state index contributed by atoms with van der Waals surface area (Å²) in [7, 11) is 0. The van der Waals surface area contributed by atoms with Gasteiger partial charge in [0.15, 0.2) is 0 Å². The van der Waals surface area contributed by atoms with Crippen molar-refractivity contribution in [2.75, 3.05) is 0 Å². The Hall–Kier alpha value is -5.86. The lowest BCUT2D eigenvalue weighted by Crippen LogP contribution is -1.92. The van der Waals surface area contributed by atoms with Gasteiger partial charge in [0, 0.05) is 56.7 Å². The van der Waals surface area contributed by atoms with E-state index < -0.39 is 0 Å². The molecule has 0 aliphatic carbocycles. The van der Waals surface area contributed by atoms with Crippen LogP contribution in [0.3, 0.4) is 0 Å². The molecule has 2 heterocycles. The van der Waals surface area contributed by atoms with Crippen LogP contribution in [0.2, 0.25) is 0 Å². The first-order valence-electron chi connectivity index (χ1n) is 17.4. The molecule has 222 valence electrons. The van der Waals surface area contributed by atoms with E-state index in [1.165, 1.54) is 131 Å². The highest BCUT2D eigenvalue weighted by Gasteiger charge is 2.39. The Kier molecular flexibility index (Phi) is 3.96. The Balaban J connectivity index is 1.15. The zero-order chi connectivity index (χ0) is 31.2. The maximum absolute atomic E-state index is 2.49. The summed E-state index contributed by atoms with van der Waals surface area (Å²) in [6, 6.07) is 41.4. The lowest BCUT2D eigenvalue weighted by molar-refractivity contribution is 0.827. The topological polar surface area (TPSA) is 9.86 Å². The smallest absolute Gasteiger partial charge is 0.0491 e. The van der Waals surface area contributed by atoms with Crippen molar-refractivity contribution in [3.63, 3.8) is 0 Å². The van der Waals surface area contributed by atoms with Crippen molar-refractivity contribution >= 4 is 108 Å². The Morgan fingerprint density at radius 2 is 0.688 bits per heavy atom. The number of fused-ring (bicyclic) bond motifs is 12. The third-order valence-electron chi connectivity index (χ3n) is 12.2. The van der Waals surface area contributed by atoms with Crippen molar-refractivity contribution in [2.24, 2.45) is 0 Å². The second kappa shape index (κ2) is 7.81. The summed E-state index contributed by atoms with van der Waals surface area (Å²) in [5.41, 5.74) is 10.9. The number of aryl methyl sites for hydroxylation is 2. The average Bonchev–Trinajstić information content (AvgIpc) is 3.56. The van der Waals surface area contributed by atoms with Gasteiger partial charge in [-0.3, -0.25) is 0 Å². The van der Waals surface area contributed by atoms with Gasteiger partial charge in [0.05, 0.1) is 0 Å². The fraction of sp³-hybridized carbons (Fsp3) is 0.0870. The van der Waals surface area contributed by atoms with Gasteiger partial charge in [0.2, 0.25) is 0 Å². The summed E-state index contributed by atoms with van der Waals surface area (Å²) in [5, 5.41) is 23.3. The predicted molar refractivity (Wildman–Crippen MR) is 207 cm³/mol. The zero-order valence-corrected chi connectivity index (χ0v) is 26.7. The average molecular weight is 609 g/mol. The van der Waals surface area contributed by atoms with Gasteiger partial charge in [-0.05, 0) is 137 Å². The first kappa shape index (κ1) is 24.3. The van der Waals surface area contributed by atoms with Crippen molar-refractivity contribution in [2.45, 2.75) is 26.9 Å². The van der Waals surface area contributed by atoms with Crippen LogP contribution < -0.4 is 0 Å². The van der Waals surface area contributed by atoms with Crippen molar-refractivity contribution < 1.29 is 0 Å². The number of hydrogen-bond acceptors (Lipinski definition) is 0. The Bertz CT molecular complexity index is 3400. The molecule has 0 saturated heterocycles. The van der Waals surface area contributed by atoms with Gasteiger partial charge in [-0.25, -0.2) is 0 Å². The number of benzene rings is 8. The highest BCUT2D eigenvalue weighted by atomic mass is 15.0. The van der Waals surface area contributed by atoms with Crippen LogP contribution in [0.4, 0.5) is 0 Å². The fourth-order valence-electron chi connectivity index (χ4n) is 10.4. The van der Waals surface area contributed by atoms with Gasteiger partial charge in [-0.2, -0.15) is 0 Å². The fourth-order valence-corrected chi connectivity index (χ4v) is 10.4. The SMILES string of the molecule is CCn1c2ccccc2c2cc(-c3c4c5c6ccccc6c4c4c6c(-c7ccc8c(c7)c7ccccc7n8CC)c7c(c3c54)c76)ccc21. The number of rotatable bonds is 4. The van der Waals surface area contributed by atoms with E-state index in [4.69, 9.17) is 0 Å². The molecule has 0 N–H and O–H groups in total. The minimum atomic E-state index is 0.965. The molecule has 2 aromatic heterocycles. The first-order chi connectivity index (χ1) is 23.8. The highest BCUT2D eigenvalue weighted by molar-refractivity contribution is 6.66. The van der Waals surface area contributed by atoms with Crippen LogP contribution in [-0.4, -0.2) is 9.13 Å². The van der Waals surface area contributed by atoms with Crippen LogP contribution in [0.1, 0.15) is 13.8 Å². The molecule has 0 radical (unpaired) electrons. The van der Waals surface area contributed by atoms with Crippen molar-refractivity contribution in [1.82, 2.24) is 9.13 Å². The summed E-state index contributed by atoms with van der Waals surface area (Å²) < 4.78 is 4.92. The molecule has 13 aromatic rings. The van der Waals surface area contributed by atoms with E-state index in [1.54, 1.807) is 0 Å². The maximum atomic E-state index is 2.49. The number of aromatic nitrogens is 2. The largest absolute Gasteiger partial charge is 0.341 e. The molecule has 13 rings (SSSR count). The lowest BCUT2D eigenvalue weighted by atomic mass is 9.89. The molecule has 0 aliphatic rings. The third kappa shape index (κ3) is 2.43. The van der Waals surface area contributed by atoms with Crippen molar-refractivity contribution in [3.05, 3.63) is 109 Å². The van der Waals surface area contributed by atoms with Gasteiger partial charge < -0.3 is 9.13 Å². The van der Waals surface area contributed by atoms with Crippen LogP contribution in [0.5, 0.6) is 0 Å². The highest BCUT2D eigenvalue weighted by Crippen LogP contribution is 2.68. The maximum Gasteiger partial charge on any atom is 0.0491 e. The number of hydrogen-bond donors (Lipinski definition) is 0. The second-order valence-electron chi connectivity index (χ2n) is 14.0. The number of nitrogens with zero attached hydrogens (tertiary/aromatic N) is 2. The van der Waals surface area contributed by atoms with E-state index in [2.05, 4.69) is 132 Å². The van der Waals surface area contributed by atoms with Crippen LogP contribution in [0.15, 0.2) is 109 Å². The Morgan fingerprint density at radius 1 is 0.333 bits per heavy atom. The summed E-state index contributed by atoms with van der Waals surface area (Å²) in [5.74, 6) is 0. The molecule has 0 spiro atoms. The van der Waals surface area contributed by atoms with Gasteiger partial charge in [-0.15, -0.1) is 0 Å². The van der Waals surface area contributed by atoms with E-state index in [0.717, 1.165) is 13.1 Å². The molecule has 2 heteroatoms. The molecule has 0 unspecified atom stereocenters. The van der Waals surface area contributed by atoms with Gasteiger partial charge in [0.1, 0.15) is 0 Å². The molecule has 0 saturated carbocycles. The normalized spacial score (nSPS) is 13.4. The van der Waals surface area contributed by atoms with Gasteiger partial charge >= 0.3 is 0 Å². The summed E-state index contributed by atoms with van der Waals surface area (Å²) >= 11 is 0. The Morgan fingerprint density at radius 3 is 1.12 bits per heavy atom. The van der Waals surface area contributed by atoms with E-state index in [1.807, 2.05) is 0 Å². The predicted octanol–water partition coefficient (Wildman–Crippen LogP) is 12.8. The summed E-state index contributed by atoms with van der Waals surface area (Å²) in [4.78, 5) is 0. The molecule has 48 heavy (non-hydrogen) atoms. The quantitative estimate of drug-likeness (QED) is 0.176. The minimum Gasteiger partial charge on any atom is -0.341 e. The molecule has 4 bridgehead atoms. The van der Waals surface area contributed by atoms with Crippen molar-refractivity contribution in [3.8, 4) is 22.3 Å². The van der Waals surface area contributed by atoms with Crippen LogP contribution in [-0.2, 0) is 13.1 Å². The van der Waals surface area contributed by atoms with E-state index >= 15 is 0 Å². The van der Waals surface area contributed by atoms with E-state index in [9.17, 15) is 0 Å². The molecule has 0 amide bonds. The minimum absolute atomic E-state index is 0.965. The van der Waals surface area contributed by atoms with Crippen molar-refractivity contribution in [1.29, 1.82) is 0 Å². The Labute approximate surface area is 275 Å². The molecular weight excluding hydrogens is 581 g/mol. The summed E-state index contributed by atoms with van der Waals surface area (Å²) in [6.45, 7) is 6.44. The van der Waals surface area contributed by atoms with Crippen LogP contribution >= 0.6 is 0 Å². The van der Waals surface area contributed by atoms with Crippen LogP contribution in [0.25, 0.3) is 131 Å². The first-order valence-corrected chi connectivity index (χ1v) is 17.4. The van der Waals surface area contributed by atoms with Crippen LogP contribution in [0, 0.1) is 0 Å². The van der Waals surface area contributed by atoms with Gasteiger partial charge in [-0.1, -0.05) is 72.8 Å². The molecule has 11 aromatic carbocycles. The molecule has 0 atom stereocenters. The molecule has 0 fully saturated rings. The second-order valence-corrected chi connectivity index (χ2v) is 14.0. The molecule has 2 nitrogen and oxygen atoms in total. The molecule has 0 aliphatic heterocycles. The standard InChI is InChI=1S/C46H28N2/c1-3-47-31-15-9-7-11-25(31)29-21-23(17-19-33(29)47)35-39-37-27-13-5-6-14-28(27)38(39)44-41-36(42-45(46(41)42)40(35)43(37)44)24-18-20-34-30(22-24)26-12-8-10-16-32(26)48(34)4-2/h5-22H,3-4H2,1-2H3. The van der Waals surface area contributed by atoms with Gasteiger partial charge in [0.25, 0.3) is 0 Å². The zero-order valence-electron chi connectivity index (χ0n) is 26.7. The van der Waals surface area contributed by atoms with E-state index in [0.29, 0.717) is 0 Å². The molecular formula is C46H28N2.